The Hall–Kier alpha value is -2.08. The number of unbranched alkanes of at least 4 members (excludes halogenated alkanes) is 1. The highest BCUT2D eigenvalue weighted by Crippen LogP contribution is 2.04. The molecule has 0 aliphatic carbocycles. The molecule has 1 aromatic carbocycles. The van der Waals surface area contributed by atoms with Gasteiger partial charge in [-0.2, -0.15) is 0 Å². The first-order valence-corrected chi connectivity index (χ1v) is 6.17. The van der Waals surface area contributed by atoms with Gasteiger partial charge in [-0.15, -0.1) is 0 Å². The molecule has 104 valence electrons. The quantitative estimate of drug-likeness (QED) is 0.408. The largest absolute Gasteiger partial charge is 0.444 e. The highest BCUT2D eigenvalue weighted by atomic mass is 16.6. The number of nitrogens with one attached hydrogen (secondary N) is 1. The molecule has 0 saturated heterocycles. The minimum absolute atomic E-state index is 0.167. The number of hydrogen-bond acceptors (Lipinski definition) is 4. The molecule has 6 heteroatoms. The van der Waals surface area contributed by atoms with Crippen LogP contribution in [0.15, 0.2) is 30.3 Å². The number of benzene rings is 1. The van der Waals surface area contributed by atoms with Gasteiger partial charge in [-0.05, 0) is 24.9 Å². The molecule has 5 N–H and O–H groups in total. The molecular formula is C13H20N4O2. The van der Waals surface area contributed by atoms with Crippen LogP contribution in [-0.2, 0) is 11.3 Å². The third-order valence-corrected chi connectivity index (χ3v) is 2.55. The van der Waals surface area contributed by atoms with Crippen molar-refractivity contribution < 1.29 is 9.53 Å². The molecule has 0 spiro atoms. The summed E-state index contributed by atoms with van der Waals surface area (Å²) < 4.78 is 5.12. The van der Waals surface area contributed by atoms with Crippen LogP contribution in [0.1, 0.15) is 18.4 Å². The van der Waals surface area contributed by atoms with Crippen molar-refractivity contribution in [3.8, 4) is 0 Å². The van der Waals surface area contributed by atoms with Gasteiger partial charge >= 0.3 is 6.09 Å². The monoisotopic (exact) mass is 264 g/mol. The van der Waals surface area contributed by atoms with E-state index in [0.717, 1.165) is 16.9 Å². The lowest BCUT2D eigenvalue weighted by Crippen LogP contribution is -2.42. The van der Waals surface area contributed by atoms with E-state index < -0.39 is 6.09 Å². The second-order valence-electron chi connectivity index (χ2n) is 4.07. The molecule has 0 fully saturated rings. The maximum absolute atomic E-state index is 11.8. The van der Waals surface area contributed by atoms with Crippen molar-refractivity contribution >= 4 is 12.1 Å². The molecule has 1 amide bonds. The predicted molar refractivity (Wildman–Crippen MR) is 73.5 cm³/mol. The summed E-state index contributed by atoms with van der Waals surface area (Å²) in [6.45, 7) is 1.06. The second kappa shape index (κ2) is 8.10. The van der Waals surface area contributed by atoms with Crippen LogP contribution in [0.5, 0.6) is 0 Å². The predicted octanol–water partition coefficient (Wildman–Crippen LogP) is 1.26. The van der Waals surface area contributed by atoms with Crippen LogP contribution >= 0.6 is 0 Å². The van der Waals surface area contributed by atoms with Crippen LogP contribution in [0.3, 0.4) is 0 Å². The van der Waals surface area contributed by atoms with E-state index in [-0.39, 0.29) is 12.6 Å². The normalized spacial score (nSPS) is 9.95. The average Bonchev–Trinajstić information content (AvgIpc) is 2.42. The number of ether oxygens (including phenoxy) is 1. The van der Waals surface area contributed by atoms with Crippen LogP contribution in [0.25, 0.3) is 0 Å². The van der Waals surface area contributed by atoms with Gasteiger partial charge in [0.05, 0.1) is 0 Å². The van der Waals surface area contributed by atoms with Crippen molar-refractivity contribution in [3.63, 3.8) is 0 Å². The zero-order valence-corrected chi connectivity index (χ0v) is 10.8. The summed E-state index contributed by atoms with van der Waals surface area (Å²) in [5.74, 6) is -0.310. The molecule has 1 rings (SSSR count). The van der Waals surface area contributed by atoms with E-state index >= 15 is 0 Å². The molecule has 19 heavy (non-hydrogen) atoms. The minimum Gasteiger partial charge on any atom is -0.444 e. The Kier molecular flexibility index (Phi) is 6.38. The third kappa shape index (κ3) is 5.39. The Morgan fingerprint density at radius 3 is 2.53 bits per heavy atom. The van der Waals surface area contributed by atoms with Gasteiger partial charge < -0.3 is 16.2 Å². The van der Waals surface area contributed by atoms with Gasteiger partial charge in [0.25, 0.3) is 0 Å². The molecule has 0 heterocycles. The van der Waals surface area contributed by atoms with Crippen LogP contribution in [0.4, 0.5) is 4.79 Å². The SMILES string of the molecule is N=C(N)N(CCCCN)C(=O)OCc1ccccc1. The van der Waals surface area contributed by atoms with E-state index in [1.54, 1.807) is 0 Å². The van der Waals surface area contributed by atoms with E-state index in [1.165, 1.54) is 0 Å². The minimum atomic E-state index is -0.603. The van der Waals surface area contributed by atoms with Gasteiger partial charge in [-0.25, -0.2) is 9.69 Å². The van der Waals surface area contributed by atoms with Gasteiger partial charge in [0.15, 0.2) is 5.96 Å². The summed E-state index contributed by atoms with van der Waals surface area (Å²) in [5.41, 5.74) is 11.6. The average molecular weight is 264 g/mol. The summed E-state index contributed by atoms with van der Waals surface area (Å²) in [6, 6.07) is 9.35. The second-order valence-corrected chi connectivity index (χ2v) is 4.07. The number of nitrogens with two attached hydrogens (primary N) is 2. The Labute approximate surface area is 112 Å². The summed E-state index contributed by atoms with van der Waals surface area (Å²) >= 11 is 0. The van der Waals surface area contributed by atoms with E-state index in [2.05, 4.69) is 0 Å². The maximum atomic E-state index is 11.8. The van der Waals surface area contributed by atoms with Gasteiger partial charge in [-0.1, -0.05) is 30.3 Å². The summed E-state index contributed by atoms with van der Waals surface area (Å²) in [4.78, 5) is 12.9. The fourth-order valence-electron chi connectivity index (χ4n) is 1.52. The molecule has 0 saturated carbocycles. The van der Waals surface area contributed by atoms with E-state index in [9.17, 15) is 4.79 Å². The third-order valence-electron chi connectivity index (χ3n) is 2.55. The molecule has 0 aromatic heterocycles. The number of nitrogens with zero attached hydrogens (tertiary/aromatic N) is 1. The number of rotatable bonds is 6. The Bertz CT molecular complexity index is 408. The van der Waals surface area contributed by atoms with Crippen molar-refractivity contribution in [3.05, 3.63) is 35.9 Å². The first-order chi connectivity index (χ1) is 9.15. The zero-order valence-electron chi connectivity index (χ0n) is 10.8. The Balaban J connectivity index is 2.46. The molecule has 0 atom stereocenters. The summed E-state index contributed by atoms with van der Waals surface area (Å²) in [6.07, 6.45) is 0.861. The topological polar surface area (TPSA) is 105 Å². The first kappa shape index (κ1) is 15.0. The van der Waals surface area contributed by atoms with Gasteiger partial charge in [-0.3, -0.25) is 5.41 Å². The number of carbonyl (C=O) groups is 1. The summed E-state index contributed by atoms with van der Waals surface area (Å²) in [5, 5.41) is 7.37. The standard InChI is InChI=1S/C13H20N4O2/c14-8-4-5-9-17(12(15)16)13(18)19-10-11-6-2-1-3-7-11/h1-3,6-7H,4-5,8-10,14H2,(H3,15,16). The van der Waals surface area contributed by atoms with Gasteiger partial charge in [0.1, 0.15) is 6.61 Å². The lowest BCUT2D eigenvalue weighted by atomic mass is 10.2. The number of amides is 1. The van der Waals surface area contributed by atoms with Crippen molar-refractivity contribution in [1.82, 2.24) is 4.90 Å². The van der Waals surface area contributed by atoms with Crippen molar-refractivity contribution in [2.75, 3.05) is 13.1 Å². The lowest BCUT2D eigenvalue weighted by Gasteiger charge is -2.19. The fraction of sp³-hybridized carbons (Fsp3) is 0.385. The maximum Gasteiger partial charge on any atom is 0.416 e. The zero-order chi connectivity index (χ0) is 14.1. The summed E-state index contributed by atoms with van der Waals surface area (Å²) in [7, 11) is 0. The highest BCUT2D eigenvalue weighted by molar-refractivity contribution is 5.91. The fourth-order valence-corrected chi connectivity index (χ4v) is 1.52. The molecule has 0 aliphatic rings. The molecule has 0 bridgehead atoms. The van der Waals surface area contributed by atoms with Crippen LogP contribution in [0, 0.1) is 5.41 Å². The van der Waals surface area contributed by atoms with E-state index in [0.29, 0.717) is 19.5 Å². The van der Waals surface area contributed by atoms with Gasteiger partial charge in [0, 0.05) is 6.54 Å². The molecule has 1 aromatic rings. The van der Waals surface area contributed by atoms with Gasteiger partial charge in [0.2, 0.25) is 0 Å². The number of carbonyl (C=O) groups excluding carboxylic acids is 1. The lowest BCUT2D eigenvalue weighted by molar-refractivity contribution is 0.115. The van der Waals surface area contributed by atoms with Crippen LogP contribution < -0.4 is 11.5 Å². The van der Waals surface area contributed by atoms with Crippen molar-refractivity contribution in [2.24, 2.45) is 11.5 Å². The highest BCUT2D eigenvalue weighted by Gasteiger charge is 2.17. The van der Waals surface area contributed by atoms with Crippen molar-refractivity contribution in [1.29, 1.82) is 5.41 Å². The Morgan fingerprint density at radius 1 is 1.26 bits per heavy atom. The molecule has 0 radical (unpaired) electrons. The first-order valence-electron chi connectivity index (χ1n) is 6.17. The number of guanidine groups is 1. The smallest absolute Gasteiger partial charge is 0.416 e. The number of hydrogen-bond donors (Lipinski definition) is 3. The van der Waals surface area contributed by atoms with E-state index in [1.807, 2.05) is 30.3 Å². The van der Waals surface area contributed by atoms with Crippen molar-refractivity contribution in [2.45, 2.75) is 19.4 Å². The molecule has 6 nitrogen and oxygen atoms in total. The van der Waals surface area contributed by atoms with Crippen LogP contribution in [-0.4, -0.2) is 30.0 Å². The molecule has 0 aliphatic heterocycles. The van der Waals surface area contributed by atoms with Crippen LogP contribution in [0.2, 0.25) is 0 Å². The Morgan fingerprint density at radius 2 is 1.95 bits per heavy atom. The molecule has 0 unspecified atom stereocenters. The van der Waals surface area contributed by atoms with E-state index in [4.69, 9.17) is 21.6 Å². The molecular weight excluding hydrogens is 244 g/mol.